The van der Waals surface area contributed by atoms with Crippen LogP contribution >= 0.6 is 11.3 Å². The summed E-state index contributed by atoms with van der Waals surface area (Å²) in [6.45, 7) is 2.09. The van der Waals surface area contributed by atoms with Gasteiger partial charge in [0.15, 0.2) is 5.01 Å². The van der Waals surface area contributed by atoms with Crippen LogP contribution in [0, 0.1) is 23.2 Å². The van der Waals surface area contributed by atoms with Gasteiger partial charge in [0, 0.05) is 81.3 Å². The number of nitrogens with zero attached hydrogens (tertiary/aromatic N) is 9. The van der Waals surface area contributed by atoms with Crippen molar-refractivity contribution < 1.29 is 19.1 Å². The summed E-state index contributed by atoms with van der Waals surface area (Å²) in [7, 11) is 3.53. The summed E-state index contributed by atoms with van der Waals surface area (Å²) < 4.78 is 11.0. The molecule has 1 saturated carbocycles. The van der Waals surface area contributed by atoms with Crippen molar-refractivity contribution in [2.75, 3.05) is 38.6 Å². The molecule has 2 saturated heterocycles. The average Bonchev–Trinajstić information content (AvgIpc) is 4.02. The number of para-hydroxylation sites is 1. The molecule has 1 aliphatic carbocycles. The highest BCUT2D eigenvalue weighted by Crippen LogP contribution is 2.38. The molecule has 18 heteroatoms. The van der Waals surface area contributed by atoms with Crippen LogP contribution in [0.4, 0.5) is 5.69 Å². The lowest BCUT2D eigenvalue weighted by molar-refractivity contribution is -0.135. The number of aromatic nitrogens is 7. The molecule has 7 heterocycles. The molecule has 5 aromatic heterocycles. The molecule has 3 amide bonds. The van der Waals surface area contributed by atoms with Crippen LogP contribution in [0.25, 0.3) is 38.5 Å². The molecule has 3 fully saturated rings. The largest absolute Gasteiger partial charge is 0.387 e. The first-order chi connectivity index (χ1) is 30.7. The van der Waals surface area contributed by atoms with Crippen molar-refractivity contribution in [3.8, 4) is 34.3 Å². The van der Waals surface area contributed by atoms with Gasteiger partial charge in [0.05, 0.1) is 40.4 Å². The second kappa shape index (κ2) is 17.9. The van der Waals surface area contributed by atoms with Gasteiger partial charge in [0.2, 0.25) is 17.7 Å². The Balaban J connectivity index is 0.721. The summed E-state index contributed by atoms with van der Waals surface area (Å²) in [6, 6.07) is 12.6. The van der Waals surface area contributed by atoms with Crippen molar-refractivity contribution in [3.63, 3.8) is 0 Å². The average molecular weight is 867 g/mol. The van der Waals surface area contributed by atoms with Crippen LogP contribution in [-0.4, -0.2) is 102 Å². The number of nitrogens with one attached hydrogen (secondary N) is 3. The van der Waals surface area contributed by atoms with E-state index >= 15 is 0 Å². The molecule has 6 aromatic rings. The first kappa shape index (κ1) is 41.6. The number of piperidine rings is 2. The molecule has 17 nitrogen and oxygen atoms in total. The van der Waals surface area contributed by atoms with Gasteiger partial charge in [-0.25, -0.2) is 14.8 Å². The first-order valence-electron chi connectivity index (χ1n) is 21.2. The second-order valence-corrected chi connectivity index (χ2v) is 17.3. The lowest BCUT2D eigenvalue weighted by Crippen LogP contribution is -2.46. The molecule has 1 unspecified atom stereocenters. The van der Waals surface area contributed by atoms with E-state index in [1.54, 1.807) is 30.6 Å². The molecule has 1 atom stereocenters. The van der Waals surface area contributed by atoms with Gasteiger partial charge in [-0.05, 0) is 69.2 Å². The maximum atomic E-state index is 13.2. The second-order valence-electron chi connectivity index (χ2n) is 16.3. The van der Waals surface area contributed by atoms with Crippen LogP contribution in [0.2, 0.25) is 0 Å². The fraction of sp³-hybridized carbons (Fsp3) is 0.400. The molecular formula is C45H46N12O5S. The van der Waals surface area contributed by atoms with Gasteiger partial charge in [-0.15, -0.1) is 10.2 Å². The number of carbonyl (C=O) groups excluding carboxylic acids is 3. The molecule has 9 rings (SSSR count). The summed E-state index contributed by atoms with van der Waals surface area (Å²) in [5.74, 6) is 6.47. The van der Waals surface area contributed by atoms with Gasteiger partial charge < -0.3 is 15.4 Å². The summed E-state index contributed by atoms with van der Waals surface area (Å²) in [6.07, 6.45) is 10.9. The van der Waals surface area contributed by atoms with Crippen LogP contribution in [-0.2, 0) is 26.2 Å². The van der Waals surface area contributed by atoms with Crippen LogP contribution in [0.1, 0.15) is 79.5 Å². The van der Waals surface area contributed by atoms with E-state index in [2.05, 4.69) is 53.9 Å². The van der Waals surface area contributed by atoms with E-state index in [4.69, 9.17) is 9.72 Å². The van der Waals surface area contributed by atoms with Crippen molar-refractivity contribution in [3.05, 3.63) is 81.6 Å². The van der Waals surface area contributed by atoms with Gasteiger partial charge in [-0.1, -0.05) is 29.2 Å². The van der Waals surface area contributed by atoms with Crippen LogP contribution in [0.3, 0.4) is 0 Å². The van der Waals surface area contributed by atoms with Crippen molar-refractivity contribution >= 4 is 56.8 Å². The maximum absolute atomic E-state index is 13.2. The zero-order chi connectivity index (χ0) is 43.6. The SMILES string of the molecule is CNc1cc(-n2ccc3cc(C#N)cnc32)ncc1-c1nnc(C2CCC(NC(=O)CN3CCC(OCC#Cc4cccc5c4n(C)c(=O)n5C4CCC(=O)NC4=O)CC3)CC2)s1. The molecule has 1 aromatic carbocycles. The van der Waals surface area contributed by atoms with Gasteiger partial charge >= 0.3 is 5.69 Å². The fourth-order valence-corrected chi connectivity index (χ4v) is 10.0. The molecule has 63 heavy (non-hydrogen) atoms. The van der Waals surface area contributed by atoms with Crippen molar-refractivity contribution in [1.29, 1.82) is 5.26 Å². The van der Waals surface area contributed by atoms with Crippen LogP contribution < -0.4 is 21.6 Å². The summed E-state index contributed by atoms with van der Waals surface area (Å²) >= 11 is 1.59. The van der Waals surface area contributed by atoms with Gasteiger partial charge in [-0.3, -0.25) is 38.3 Å². The first-order valence-corrected chi connectivity index (χ1v) is 22.0. The van der Waals surface area contributed by atoms with E-state index in [1.807, 2.05) is 54.3 Å². The van der Waals surface area contributed by atoms with E-state index in [0.717, 1.165) is 83.9 Å². The highest BCUT2D eigenvalue weighted by molar-refractivity contribution is 7.14. The van der Waals surface area contributed by atoms with E-state index in [1.165, 1.54) is 9.13 Å². The van der Waals surface area contributed by atoms with Gasteiger partial charge in [0.1, 0.15) is 35.2 Å². The molecular weight excluding hydrogens is 821 g/mol. The molecule has 0 spiro atoms. The number of likely N-dealkylation sites (tertiary alicyclic amines) is 1. The Morgan fingerprint density at radius 1 is 1.02 bits per heavy atom. The Bertz CT molecular complexity index is 2900. The van der Waals surface area contributed by atoms with Crippen LogP contribution in [0.15, 0.2) is 59.8 Å². The summed E-state index contributed by atoms with van der Waals surface area (Å²) in [5, 5.41) is 29.9. The van der Waals surface area contributed by atoms with E-state index < -0.39 is 11.9 Å². The van der Waals surface area contributed by atoms with Gasteiger partial charge in [-0.2, -0.15) is 5.26 Å². The number of hydrogen-bond donors (Lipinski definition) is 3. The fourth-order valence-electron chi connectivity index (χ4n) is 8.99. The number of ether oxygens (including phenoxy) is 1. The number of fused-ring (bicyclic) bond motifs is 2. The number of anilines is 1. The molecule has 322 valence electrons. The normalized spacial score (nSPS) is 19.7. The number of nitriles is 1. The van der Waals surface area contributed by atoms with E-state index in [0.29, 0.717) is 34.5 Å². The van der Waals surface area contributed by atoms with Crippen molar-refractivity contribution in [2.24, 2.45) is 7.05 Å². The Kier molecular flexibility index (Phi) is 11.8. The summed E-state index contributed by atoms with van der Waals surface area (Å²) in [5.41, 5.74) is 4.52. The number of aryl methyl sites for hydroxylation is 1. The maximum Gasteiger partial charge on any atom is 0.329 e. The Morgan fingerprint density at radius 3 is 2.62 bits per heavy atom. The number of imide groups is 1. The van der Waals surface area contributed by atoms with Crippen molar-refractivity contribution in [1.82, 2.24) is 49.4 Å². The minimum atomic E-state index is -0.756. The van der Waals surface area contributed by atoms with Gasteiger partial charge in [0.25, 0.3) is 0 Å². The third kappa shape index (κ3) is 8.57. The smallest absolute Gasteiger partial charge is 0.329 e. The minimum Gasteiger partial charge on any atom is -0.387 e. The topological polar surface area (TPSA) is 207 Å². The third-order valence-electron chi connectivity index (χ3n) is 12.3. The summed E-state index contributed by atoms with van der Waals surface area (Å²) in [4.78, 5) is 62.0. The zero-order valence-electron chi connectivity index (χ0n) is 35.0. The minimum absolute atomic E-state index is 0.0347. The highest BCUT2D eigenvalue weighted by Gasteiger charge is 2.32. The van der Waals surface area contributed by atoms with E-state index in [9.17, 15) is 24.4 Å². The molecule has 0 radical (unpaired) electrons. The molecule has 3 aliphatic rings. The Morgan fingerprint density at radius 2 is 1.84 bits per heavy atom. The number of imidazole rings is 1. The lowest BCUT2D eigenvalue weighted by Gasteiger charge is -2.32. The lowest BCUT2D eigenvalue weighted by atomic mass is 9.86. The standard InChI is InChI=1S/C45H46N12O5S/c1-47-34-22-37(56-19-14-30-21-27(23-46)24-49-41(30)56)48-25-33(34)44-53-52-43(63-44)29-8-10-31(11-9-29)50-39(59)26-55-17-15-32(16-18-55)62-20-4-6-28-5-3-7-35-40(28)54(2)45(61)57(35)36-12-13-38(58)51-42(36)60/h3,5,7,14,19,21-22,24-25,29,31-32,36H,8-13,15-18,20,26H2,1-2H3,(H,47,48)(H,50,59)(H,51,58,60). The molecule has 3 N–H and O–H groups in total. The zero-order valence-corrected chi connectivity index (χ0v) is 35.8. The monoisotopic (exact) mass is 866 g/mol. The number of carbonyl (C=O) groups is 3. The van der Waals surface area contributed by atoms with E-state index in [-0.39, 0.29) is 55.0 Å². The Hall–Kier alpha value is -6.73. The highest BCUT2D eigenvalue weighted by atomic mass is 32.1. The molecule has 2 aliphatic heterocycles. The number of rotatable bonds is 10. The Labute approximate surface area is 366 Å². The predicted molar refractivity (Wildman–Crippen MR) is 236 cm³/mol. The number of amides is 3. The predicted octanol–water partition coefficient (Wildman–Crippen LogP) is 4.16. The molecule has 0 bridgehead atoms. The van der Waals surface area contributed by atoms with Crippen molar-refractivity contribution in [2.45, 2.75) is 75.5 Å². The quantitative estimate of drug-likeness (QED) is 0.131. The third-order valence-corrected chi connectivity index (χ3v) is 13.4. The number of pyridine rings is 2. The van der Waals surface area contributed by atoms with Crippen LogP contribution in [0.5, 0.6) is 0 Å². The number of hydrogen-bond acceptors (Lipinski definition) is 13. The number of benzene rings is 1.